The topological polar surface area (TPSA) is 46.0 Å². The van der Waals surface area contributed by atoms with Gasteiger partial charge in [0.15, 0.2) is 0 Å². The van der Waals surface area contributed by atoms with Crippen LogP contribution in [0.15, 0.2) is 18.2 Å². The van der Waals surface area contributed by atoms with Crippen LogP contribution in [0, 0.1) is 5.82 Å². The Bertz CT molecular complexity index is 609. The molecule has 0 amide bonds. The van der Waals surface area contributed by atoms with Crippen LogP contribution in [0.1, 0.15) is 43.0 Å². The van der Waals surface area contributed by atoms with Crippen molar-refractivity contribution >= 4 is 23.1 Å². The molecule has 1 N–H and O–H groups in total. The van der Waals surface area contributed by atoms with Crippen molar-refractivity contribution in [3.8, 4) is 0 Å². The molecule has 0 spiro atoms. The van der Waals surface area contributed by atoms with Crippen LogP contribution in [-0.2, 0) is 11.8 Å². The second-order valence-electron chi connectivity index (χ2n) is 5.69. The van der Waals surface area contributed by atoms with E-state index in [1.165, 1.54) is 23.7 Å². The van der Waals surface area contributed by atoms with Gasteiger partial charge in [-0.05, 0) is 29.2 Å². The maximum atomic E-state index is 13.0. The van der Waals surface area contributed by atoms with Gasteiger partial charge in [-0.1, -0.05) is 42.9 Å². The third-order valence-corrected chi connectivity index (χ3v) is 4.13. The van der Waals surface area contributed by atoms with Crippen molar-refractivity contribution in [3.05, 3.63) is 45.2 Å². The lowest BCUT2D eigenvalue weighted by molar-refractivity contribution is 0.179. The Morgan fingerprint density at radius 3 is 2.70 bits per heavy atom. The molecule has 1 atom stereocenters. The molecular formula is C14H16ClFN2OS. The molecule has 0 aliphatic carbocycles. The van der Waals surface area contributed by atoms with Gasteiger partial charge in [0, 0.05) is 16.9 Å². The standard InChI is InChI=1S/C14H16ClFN2OS/c1-14(2,3)13-12(20-18-17-13)11(19)6-8-4-5-9(16)7-10(8)15/h4-5,7,11,19H,6H2,1-3H3. The van der Waals surface area contributed by atoms with Crippen LogP contribution in [0.4, 0.5) is 4.39 Å². The van der Waals surface area contributed by atoms with E-state index in [0.29, 0.717) is 17.0 Å². The van der Waals surface area contributed by atoms with E-state index in [1.807, 2.05) is 20.8 Å². The van der Waals surface area contributed by atoms with Gasteiger partial charge in [-0.15, -0.1) is 5.10 Å². The van der Waals surface area contributed by atoms with Gasteiger partial charge in [0.2, 0.25) is 0 Å². The number of aromatic nitrogens is 2. The Morgan fingerprint density at radius 2 is 2.10 bits per heavy atom. The molecule has 0 fully saturated rings. The number of hydrogen-bond acceptors (Lipinski definition) is 4. The first-order valence-corrected chi connectivity index (χ1v) is 7.39. The Morgan fingerprint density at radius 1 is 1.40 bits per heavy atom. The van der Waals surface area contributed by atoms with Crippen molar-refractivity contribution in [2.24, 2.45) is 0 Å². The van der Waals surface area contributed by atoms with Crippen LogP contribution in [0.5, 0.6) is 0 Å². The smallest absolute Gasteiger partial charge is 0.124 e. The van der Waals surface area contributed by atoms with Crippen molar-refractivity contribution in [2.45, 2.75) is 38.7 Å². The number of hydrogen-bond donors (Lipinski definition) is 1. The second-order valence-corrected chi connectivity index (χ2v) is 6.88. The number of halogens is 2. The maximum Gasteiger partial charge on any atom is 0.124 e. The average Bonchev–Trinajstić information content (AvgIpc) is 2.81. The molecule has 0 aliphatic rings. The Kier molecular flexibility index (Phi) is 4.42. The van der Waals surface area contributed by atoms with Crippen molar-refractivity contribution in [3.63, 3.8) is 0 Å². The maximum absolute atomic E-state index is 13.0. The molecule has 0 saturated heterocycles. The molecule has 2 aromatic rings. The van der Waals surface area contributed by atoms with Crippen LogP contribution >= 0.6 is 23.1 Å². The molecule has 1 unspecified atom stereocenters. The average molecular weight is 315 g/mol. The van der Waals surface area contributed by atoms with Gasteiger partial charge >= 0.3 is 0 Å². The van der Waals surface area contributed by atoms with Gasteiger partial charge in [0.1, 0.15) is 5.82 Å². The van der Waals surface area contributed by atoms with E-state index in [4.69, 9.17) is 11.6 Å². The SMILES string of the molecule is CC(C)(C)c1nnsc1C(O)Cc1ccc(F)cc1Cl. The van der Waals surface area contributed by atoms with Gasteiger partial charge in [-0.25, -0.2) is 4.39 Å². The van der Waals surface area contributed by atoms with Crippen LogP contribution in [0.2, 0.25) is 5.02 Å². The van der Waals surface area contributed by atoms with Crippen molar-refractivity contribution in [2.75, 3.05) is 0 Å². The minimum atomic E-state index is -0.743. The first-order chi connectivity index (χ1) is 9.29. The summed E-state index contributed by atoms with van der Waals surface area (Å²) in [4.78, 5) is 0.734. The summed E-state index contributed by atoms with van der Waals surface area (Å²) in [5.41, 5.74) is 1.30. The molecule has 6 heteroatoms. The summed E-state index contributed by atoms with van der Waals surface area (Å²) in [6.07, 6.45) is -0.432. The number of aliphatic hydroxyl groups is 1. The lowest BCUT2D eigenvalue weighted by Gasteiger charge is -2.19. The zero-order chi connectivity index (χ0) is 14.9. The van der Waals surface area contributed by atoms with Crippen LogP contribution in [0.25, 0.3) is 0 Å². The highest BCUT2D eigenvalue weighted by molar-refractivity contribution is 7.05. The van der Waals surface area contributed by atoms with E-state index in [2.05, 4.69) is 9.59 Å². The highest BCUT2D eigenvalue weighted by atomic mass is 35.5. The quantitative estimate of drug-likeness (QED) is 0.934. The fourth-order valence-corrected chi connectivity index (χ4v) is 3.02. The van der Waals surface area contributed by atoms with E-state index in [9.17, 15) is 9.50 Å². The minimum Gasteiger partial charge on any atom is -0.387 e. The first-order valence-electron chi connectivity index (χ1n) is 6.23. The summed E-state index contributed by atoms with van der Waals surface area (Å²) >= 11 is 7.17. The monoisotopic (exact) mass is 314 g/mol. The second kappa shape index (κ2) is 5.76. The number of rotatable bonds is 3. The molecule has 0 aliphatic heterocycles. The largest absolute Gasteiger partial charge is 0.387 e. The molecule has 1 aromatic carbocycles. The predicted octanol–water partition coefficient (Wildman–Crippen LogP) is 3.90. The van der Waals surface area contributed by atoms with Gasteiger partial charge in [-0.2, -0.15) is 0 Å². The summed E-state index contributed by atoms with van der Waals surface area (Å²) in [5.74, 6) is -0.386. The summed E-state index contributed by atoms with van der Waals surface area (Å²) in [5, 5.41) is 14.8. The van der Waals surface area contributed by atoms with Gasteiger partial charge < -0.3 is 5.11 Å². The van der Waals surface area contributed by atoms with E-state index in [-0.39, 0.29) is 11.2 Å². The number of benzene rings is 1. The third-order valence-electron chi connectivity index (χ3n) is 2.95. The van der Waals surface area contributed by atoms with Gasteiger partial charge in [-0.3, -0.25) is 0 Å². The Hall–Kier alpha value is -1.04. The van der Waals surface area contributed by atoms with Crippen molar-refractivity contribution in [1.29, 1.82) is 0 Å². The highest BCUT2D eigenvalue weighted by Gasteiger charge is 2.26. The lowest BCUT2D eigenvalue weighted by atomic mass is 9.89. The number of aliphatic hydroxyl groups excluding tert-OH is 1. The predicted molar refractivity (Wildman–Crippen MR) is 78.7 cm³/mol. The molecule has 0 bridgehead atoms. The molecule has 1 aromatic heterocycles. The van der Waals surface area contributed by atoms with E-state index >= 15 is 0 Å². The summed E-state index contributed by atoms with van der Waals surface area (Å²) in [6, 6.07) is 4.18. The lowest BCUT2D eigenvalue weighted by Crippen LogP contribution is -2.16. The van der Waals surface area contributed by atoms with Crippen molar-refractivity contribution in [1.82, 2.24) is 9.59 Å². The molecule has 108 valence electrons. The van der Waals surface area contributed by atoms with Gasteiger partial charge in [0.05, 0.1) is 16.7 Å². The third kappa shape index (κ3) is 3.34. The van der Waals surface area contributed by atoms with Crippen LogP contribution < -0.4 is 0 Å². The van der Waals surface area contributed by atoms with E-state index < -0.39 is 6.10 Å². The summed E-state index contributed by atoms with van der Waals surface area (Å²) in [6.45, 7) is 6.06. The zero-order valence-electron chi connectivity index (χ0n) is 11.5. The normalized spacial score (nSPS) is 13.5. The Labute approximate surface area is 126 Å². The summed E-state index contributed by atoms with van der Waals surface area (Å²) < 4.78 is 16.9. The van der Waals surface area contributed by atoms with Crippen LogP contribution in [0.3, 0.4) is 0 Å². The molecule has 2 rings (SSSR count). The fourth-order valence-electron chi connectivity index (χ4n) is 1.92. The van der Waals surface area contributed by atoms with E-state index in [1.54, 1.807) is 6.07 Å². The fraction of sp³-hybridized carbons (Fsp3) is 0.429. The molecule has 0 saturated carbocycles. The molecule has 1 heterocycles. The molecule has 0 radical (unpaired) electrons. The minimum absolute atomic E-state index is 0.185. The molecule has 20 heavy (non-hydrogen) atoms. The zero-order valence-corrected chi connectivity index (χ0v) is 13.1. The van der Waals surface area contributed by atoms with Crippen molar-refractivity contribution < 1.29 is 9.50 Å². The van der Waals surface area contributed by atoms with Crippen LogP contribution in [-0.4, -0.2) is 14.7 Å². The Balaban J connectivity index is 2.25. The molecule has 3 nitrogen and oxygen atoms in total. The molecular weight excluding hydrogens is 299 g/mol. The number of nitrogens with zero attached hydrogens (tertiary/aromatic N) is 2. The van der Waals surface area contributed by atoms with Gasteiger partial charge in [0.25, 0.3) is 0 Å². The van der Waals surface area contributed by atoms with E-state index in [0.717, 1.165) is 10.6 Å². The first kappa shape index (κ1) is 15.4. The summed E-state index contributed by atoms with van der Waals surface area (Å²) in [7, 11) is 0. The highest BCUT2D eigenvalue weighted by Crippen LogP contribution is 2.33.